The number of rotatable bonds is 2. The molecule has 0 bridgehead atoms. The molecule has 0 aromatic carbocycles. The van der Waals surface area contributed by atoms with Gasteiger partial charge < -0.3 is 15.4 Å². The highest BCUT2D eigenvalue weighted by molar-refractivity contribution is 7.09. The maximum absolute atomic E-state index is 12.4. The van der Waals surface area contributed by atoms with Crippen LogP contribution in [0.2, 0.25) is 0 Å². The van der Waals surface area contributed by atoms with Crippen LogP contribution in [0.25, 0.3) is 0 Å². The van der Waals surface area contributed by atoms with Gasteiger partial charge in [-0.3, -0.25) is 0 Å². The molecule has 0 saturated carbocycles. The molecule has 9 heteroatoms. The van der Waals surface area contributed by atoms with Crippen LogP contribution in [0, 0.1) is 0 Å². The standard InChI is InChI=1S/C9H13F3N4OS/c1-5-3-16(4-6(2-13)17-5)8-14-7(15-18-8)9(10,11)12/h5-6H,2-4,13H2,1H3. The molecule has 1 aromatic rings. The molecule has 0 amide bonds. The number of aromatic nitrogens is 2. The number of ether oxygens (including phenoxy) is 1. The molecule has 5 nitrogen and oxygen atoms in total. The molecule has 0 spiro atoms. The van der Waals surface area contributed by atoms with Gasteiger partial charge in [0.2, 0.25) is 11.0 Å². The van der Waals surface area contributed by atoms with Crippen LogP contribution in [0.1, 0.15) is 12.7 Å². The van der Waals surface area contributed by atoms with Gasteiger partial charge in [0.15, 0.2) is 0 Å². The number of anilines is 1. The number of nitrogens with two attached hydrogens (primary N) is 1. The molecule has 2 unspecified atom stereocenters. The van der Waals surface area contributed by atoms with Gasteiger partial charge in [-0.25, -0.2) is 0 Å². The van der Waals surface area contributed by atoms with E-state index in [0.29, 0.717) is 19.6 Å². The summed E-state index contributed by atoms with van der Waals surface area (Å²) in [5.41, 5.74) is 5.52. The van der Waals surface area contributed by atoms with Gasteiger partial charge in [-0.15, -0.1) is 0 Å². The number of halogens is 3. The Bertz CT molecular complexity index is 411. The van der Waals surface area contributed by atoms with Crippen LogP contribution in [-0.2, 0) is 10.9 Å². The van der Waals surface area contributed by atoms with Crippen molar-refractivity contribution in [1.29, 1.82) is 0 Å². The first-order valence-corrected chi connectivity index (χ1v) is 6.19. The zero-order valence-electron chi connectivity index (χ0n) is 9.65. The molecule has 1 fully saturated rings. The highest BCUT2D eigenvalue weighted by Crippen LogP contribution is 2.31. The van der Waals surface area contributed by atoms with E-state index in [9.17, 15) is 13.2 Å². The van der Waals surface area contributed by atoms with Gasteiger partial charge in [-0.05, 0) is 6.92 Å². The molecule has 2 heterocycles. The summed E-state index contributed by atoms with van der Waals surface area (Å²) in [4.78, 5) is 5.26. The predicted molar refractivity (Wildman–Crippen MR) is 60.5 cm³/mol. The predicted octanol–water partition coefficient (Wildman–Crippen LogP) is 1.11. The second kappa shape index (κ2) is 4.98. The normalized spacial score (nSPS) is 25.5. The quantitative estimate of drug-likeness (QED) is 0.880. The van der Waals surface area contributed by atoms with Gasteiger partial charge in [-0.2, -0.15) is 22.5 Å². The van der Waals surface area contributed by atoms with Crippen molar-refractivity contribution in [2.24, 2.45) is 5.73 Å². The summed E-state index contributed by atoms with van der Waals surface area (Å²) in [6.45, 7) is 3.10. The third kappa shape index (κ3) is 2.90. The molecule has 0 radical (unpaired) electrons. The third-order valence-electron chi connectivity index (χ3n) is 2.53. The smallest absolute Gasteiger partial charge is 0.370 e. The number of hydrogen-bond acceptors (Lipinski definition) is 6. The van der Waals surface area contributed by atoms with E-state index in [0.717, 1.165) is 11.5 Å². The minimum absolute atomic E-state index is 0.0921. The highest BCUT2D eigenvalue weighted by atomic mass is 32.1. The van der Waals surface area contributed by atoms with Crippen molar-refractivity contribution in [2.45, 2.75) is 25.3 Å². The summed E-state index contributed by atoms with van der Waals surface area (Å²) in [7, 11) is 0. The summed E-state index contributed by atoms with van der Waals surface area (Å²) in [6, 6.07) is 0. The molecule has 1 saturated heterocycles. The monoisotopic (exact) mass is 282 g/mol. The van der Waals surface area contributed by atoms with Gasteiger partial charge in [0.1, 0.15) is 0 Å². The maximum Gasteiger partial charge on any atom is 0.452 e. The Labute approximate surface area is 106 Å². The second-order valence-electron chi connectivity index (χ2n) is 4.11. The lowest BCUT2D eigenvalue weighted by atomic mass is 10.2. The van der Waals surface area contributed by atoms with Gasteiger partial charge in [0, 0.05) is 31.2 Å². The lowest BCUT2D eigenvalue weighted by Gasteiger charge is -2.35. The molecule has 2 atom stereocenters. The first-order valence-electron chi connectivity index (χ1n) is 5.41. The lowest BCUT2D eigenvalue weighted by Crippen LogP contribution is -2.49. The zero-order chi connectivity index (χ0) is 13.3. The van der Waals surface area contributed by atoms with Gasteiger partial charge in [-0.1, -0.05) is 0 Å². The van der Waals surface area contributed by atoms with E-state index in [1.54, 1.807) is 4.90 Å². The van der Waals surface area contributed by atoms with Crippen LogP contribution in [0.3, 0.4) is 0 Å². The fraction of sp³-hybridized carbons (Fsp3) is 0.778. The summed E-state index contributed by atoms with van der Waals surface area (Å²) >= 11 is 0.746. The average Bonchev–Trinajstić information content (AvgIpc) is 2.77. The number of alkyl halides is 3. The minimum atomic E-state index is -4.50. The largest absolute Gasteiger partial charge is 0.452 e. The van der Waals surface area contributed by atoms with E-state index in [1.807, 2.05) is 6.92 Å². The van der Waals surface area contributed by atoms with Crippen LogP contribution in [0.5, 0.6) is 0 Å². The van der Waals surface area contributed by atoms with Crippen molar-refractivity contribution in [3.8, 4) is 0 Å². The lowest BCUT2D eigenvalue weighted by molar-refractivity contribution is -0.144. The van der Waals surface area contributed by atoms with Crippen LogP contribution < -0.4 is 10.6 Å². The summed E-state index contributed by atoms with van der Waals surface area (Å²) < 4.78 is 46.1. The van der Waals surface area contributed by atoms with Crippen molar-refractivity contribution in [3.63, 3.8) is 0 Å². The number of morpholine rings is 1. The van der Waals surface area contributed by atoms with Crippen molar-refractivity contribution < 1.29 is 17.9 Å². The second-order valence-corrected chi connectivity index (χ2v) is 4.84. The van der Waals surface area contributed by atoms with Crippen molar-refractivity contribution >= 4 is 16.7 Å². The molecular formula is C9H13F3N4OS. The van der Waals surface area contributed by atoms with Gasteiger partial charge in [0.05, 0.1) is 12.2 Å². The average molecular weight is 282 g/mol. The van der Waals surface area contributed by atoms with Gasteiger partial charge >= 0.3 is 6.18 Å². The minimum Gasteiger partial charge on any atom is -0.370 e. The van der Waals surface area contributed by atoms with E-state index in [2.05, 4.69) is 9.36 Å². The van der Waals surface area contributed by atoms with Crippen LogP contribution in [-0.4, -0.2) is 41.2 Å². The topological polar surface area (TPSA) is 64.3 Å². The number of nitrogens with zero attached hydrogens (tertiary/aromatic N) is 3. The van der Waals surface area contributed by atoms with E-state index in [1.165, 1.54) is 0 Å². The first kappa shape index (κ1) is 13.5. The molecule has 1 aliphatic heterocycles. The molecule has 1 aromatic heterocycles. The molecular weight excluding hydrogens is 269 g/mol. The third-order valence-corrected chi connectivity index (χ3v) is 3.31. The molecule has 2 N–H and O–H groups in total. The number of hydrogen-bond donors (Lipinski definition) is 1. The Kier molecular flexibility index (Phi) is 3.74. The first-order chi connectivity index (χ1) is 8.40. The Morgan fingerprint density at radius 1 is 1.50 bits per heavy atom. The molecule has 2 rings (SSSR count). The highest BCUT2D eigenvalue weighted by Gasteiger charge is 2.37. The van der Waals surface area contributed by atoms with Gasteiger partial charge in [0.25, 0.3) is 0 Å². The van der Waals surface area contributed by atoms with Crippen LogP contribution >= 0.6 is 11.5 Å². The van der Waals surface area contributed by atoms with Crippen molar-refractivity contribution in [2.75, 3.05) is 24.5 Å². The van der Waals surface area contributed by atoms with E-state index in [-0.39, 0.29) is 17.3 Å². The fourth-order valence-corrected chi connectivity index (χ4v) is 2.49. The van der Waals surface area contributed by atoms with E-state index < -0.39 is 12.0 Å². The van der Waals surface area contributed by atoms with Crippen molar-refractivity contribution in [1.82, 2.24) is 9.36 Å². The Morgan fingerprint density at radius 2 is 2.22 bits per heavy atom. The Hall–Kier alpha value is -0.930. The maximum atomic E-state index is 12.4. The van der Waals surface area contributed by atoms with Crippen LogP contribution in [0.4, 0.5) is 18.3 Å². The van der Waals surface area contributed by atoms with Crippen molar-refractivity contribution in [3.05, 3.63) is 5.82 Å². The Morgan fingerprint density at radius 3 is 2.78 bits per heavy atom. The van der Waals surface area contributed by atoms with E-state index in [4.69, 9.17) is 10.5 Å². The molecule has 102 valence electrons. The van der Waals surface area contributed by atoms with Crippen LogP contribution in [0.15, 0.2) is 0 Å². The summed E-state index contributed by atoms with van der Waals surface area (Å²) in [5, 5.41) is 0.260. The van der Waals surface area contributed by atoms with E-state index >= 15 is 0 Å². The Balaban J connectivity index is 2.13. The fourth-order valence-electron chi connectivity index (χ4n) is 1.79. The molecule has 0 aliphatic carbocycles. The zero-order valence-corrected chi connectivity index (χ0v) is 10.5. The molecule has 1 aliphatic rings. The summed E-state index contributed by atoms with van der Waals surface area (Å²) in [5.74, 6) is -1.09. The molecule has 18 heavy (non-hydrogen) atoms. The SMILES string of the molecule is CC1CN(c2nc(C(F)(F)F)ns2)CC(CN)O1. The summed E-state index contributed by atoms with van der Waals surface area (Å²) in [6.07, 6.45) is -4.78.